The average Bonchev–Trinajstić information content (AvgIpc) is 2.70. The van der Waals surface area contributed by atoms with Crippen LogP contribution in [0.1, 0.15) is 46.1 Å². The van der Waals surface area contributed by atoms with E-state index < -0.39 is 48.1 Å². The fourth-order valence-electron chi connectivity index (χ4n) is 3.02. The van der Waals surface area contributed by atoms with Crippen LogP contribution in [0.25, 0.3) is 0 Å². The molecule has 2 atom stereocenters. The lowest BCUT2D eigenvalue weighted by molar-refractivity contribution is -0.140. The van der Waals surface area contributed by atoms with Gasteiger partial charge in [-0.1, -0.05) is 58.0 Å². The van der Waals surface area contributed by atoms with E-state index in [0.29, 0.717) is 0 Å². The van der Waals surface area contributed by atoms with Crippen LogP contribution in [0.3, 0.4) is 0 Å². The molecular formula is C23H33N3O6. The molecule has 0 bridgehead atoms. The highest BCUT2D eigenvalue weighted by atomic mass is 16.4. The Balaban J connectivity index is 3.01. The third kappa shape index (κ3) is 10.2. The Labute approximate surface area is 188 Å². The number of ketones is 1. The number of carboxylic acid groups (broad SMARTS) is 1. The quantitative estimate of drug-likeness (QED) is 0.333. The fraction of sp³-hybridized carbons (Fsp3) is 0.522. The second-order valence-corrected chi connectivity index (χ2v) is 8.54. The van der Waals surface area contributed by atoms with E-state index in [1.54, 1.807) is 24.3 Å². The zero-order chi connectivity index (χ0) is 24.3. The summed E-state index contributed by atoms with van der Waals surface area (Å²) in [6.45, 7) is 6.77. The Morgan fingerprint density at radius 2 is 1.47 bits per heavy atom. The van der Waals surface area contributed by atoms with Gasteiger partial charge in [-0.3, -0.25) is 24.0 Å². The number of carbonyl (C=O) groups excluding carboxylic acids is 4. The van der Waals surface area contributed by atoms with Gasteiger partial charge in [0.25, 0.3) is 5.91 Å². The summed E-state index contributed by atoms with van der Waals surface area (Å²) in [5, 5.41) is 16.2. The van der Waals surface area contributed by atoms with Gasteiger partial charge in [-0.2, -0.15) is 0 Å². The maximum absolute atomic E-state index is 13.0. The van der Waals surface area contributed by atoms with Gasteiger partial charge in [-0.05, 0) is 23.8 Å². The molecule has 0 spiro atoms. The monoisotopic (exact) mass is 447 g/mol. The number of Topliss-reactive ketones (excluding diaryl/α,β-unsaturated/α-hetero) is 1. The lowest BCUT2D eigenvalue weighted by atomic mass is 10.0. The molecule has 0 heterocycles. The highest BCUT2D eigenvalue weighted by molar-refractivity contribution is 6.36. The molecule has 0 unspecified atom stereocenters. The molecule has 1 rings (SSSR count). The number of carbonyl (C=O) groups is 5. The van der Waals surface area contributed by atoms with Crippen molar-refractivity contribution >= 4 is 29.5 Å². The third-order valence-corrected chi connectivity index (χ3v) is 4.51. The first-order chi connectivity index (χ1) is 15.0. The van der Waals surface area contributed by atoms with Crippen LogP contribution in [0.5, 0.6) is 0 Å². The lowest BCUT2D eigenvalue weighted by Crippen LogP contribution is -2.55. The average molecular weight is 448 g/mol. The maximum atomic E-state index is 13.0. The van der Waals surface area contributed by atoms with Crippen molar-refractivity contribution in [2.24, 2.45) is 11.8 Å². The van der Waals surface area contributed by atoms with E-state index in [2.05, 4.69) is 16.0 Å². The van der Waals surface area contributed by atoms with Crippen LogP contribution in [0.2, 0.25) is 0 Å². The van der Waals surface area contributed by atoms with Crippen molar-refractivity contribution in [3.05, 3.63) is 35.9 Å². The number of hydrogen-bond donors (Lipinski definition) is 4. The van der Waals surface area contributed by atoms with E-state index >= 15 is 0 Å². The van der Waals surface area contributed by atoms with E-state index in [0.717, 1.165) is 5.56 Å². The van der Waals surface area contributed by atoms with Crippen LogP contribution in [-0.4, -0.2) is 53.2 Å². The summed E-state index contributed by atoms with van der Waals surface area (Å²) in [6.07, 6.45) is 0.451. The third-order valence-electron chi connectivity index (χ3n) is 4.51. The molecule has 9 heteroatoms. The van der Waals surface area contributed by atoms with Crippen molar-refractivity contribution in [1.82, 2.24) is 16.0 Å². The molecule has 0 saturated heterocycles. The molecule has 0 aliphatic rings. The SMILES string of the molecule is CC(C)CC(=O)C(=O)N[C@@H](Cc1ccccc1)C(=O)N[C@@H](CC(C)C)C(=O)NCC(=O)O. The summed E-state index contributed by atoms with van der Waals surface area (Å²) in [5.41, 5.74) is 0.764. The van der Waals surface area contributed by atoms with Gasteiger partial charge in [-0.25, -0.2) is 0 Å². The molecule has 1 aromatic rings. The van der Waals surface area contributed by atoms with Crippen molar-refractivity contribution < 1.29 is 29.1 Å². The fourth-order valence-corrected chi connectivity index (χ4v) is 3.02. The van der Waals surface area contributed by atoms with Crippen LogP contribution in [0.4, 0.5) is 0 Å². The molecule has 0 radical (unpaired) electrons. The second-order valence-electron chi connectivity index (χ2n) is 8.54. The summed E-state index contributed by atoms with van der Waals surface area (Å²) in [6, 6.07) is 6.90. The van der Waals surface area contributed by atoms with Crippen LogP contribution < -0.4 is 16.0 Å². The Morgan fingerprint density at radius 1 is 0.844 bits per heavy atom. The van der Waals surface area contributed by atoms with Gasteiger partial charge in [-0.15, -0.1) is 0 Å². The highest BCUT2D eigenvalue weighted by Crippen LogP contribution is 2.09. The summed E-state index contributed by atoms with van der Waals surface area (Å²) in [7, 11) is 0. The van der Waals surface area contributed by atoms with Gasteiger partial charge in [0.05, 0.1) is 0 Å². The van der Waals surface area contributed by atoms with Gasteiger partial charge in [0, 0.05) is 12.8 Å². The zero-order valence-corrected chi connectivity index (χ0v) is 19.0. The van der Waals surface area contributed by atoms with Crippen molar-refractivity contribution in [2.75, 3.05) is 6.54 Å². The van der Waals surface area contributed by atoms with Crippen molar-refractivity contribution in [2.45, 2.75) is 59.0 Å². The molecular weight excluding hydrogens is 414 g/mol. The number of aliphatic carboxylic acids is 1. The summed E-state index contributed by atoms with van der Waals surface area (Å²) in [5.74, 6) is -3.92. The van der Waals surface area contributed by atoms with E-state index in [1.165, 1.54) is 0 Å². The summed E-state index contributed by atoms with van der Waals surface area (Å²) in [4.78, 5) is 60.7. The predicted octanol–water partition coefficient (Wildman–Crippen LogP) is 1.06. The molecule has 3 amide bonds. The normalized spacial score (nSPS) is 12.7. The molecule has 32 heavy (non-hydrogen) atoms. The smallest absolute Gasteiger partial charge is 0.322 e. The maximum Gasteiger partial charge on any atom is 0.322 e. The van der Waals surface area contributed by atoms with Gasteiger partial charge >= 0.3 is 5.97 Å². The van der Waals surface area contributed by atoms with Gasteiger partial charge < -0.3 is 21.1 Å². The van der Waals surface area contributed by atoms with E-state index in [-0.39, 0.29) is 31.1 Å². The molecule has 0 aliphatic carbocycles. The van der Waals surface area contributed by atoms with Crippen molar-refractivity contribution in [3.8, 4) is 0 Å². The van der Waals surface area contributed by atoms with E-state index in [1.807, 2.05) is 33.8 Å². The van der Waals surface area contributed by atoms with Crippen LogP contribution in [0.15, 0.2) is 30.3 Å². The topological polar surface area (TPSA) is 142 Å². The molecule has 1 aromatic carbocycles. The van der Waals surface area contributed by atoms with Crippen molar-refractivity contribution in [1.29, 1.82) is 0 Å². The minimum absolute atomic E-state index is 0.0111. The lowest BCUT2D eigenvalue weighted by Gasteiger charge is -2.24. The first-order valence-electron chi connectivity index (χ1n) is 10.7. The molecule has 4 N–H and O–H groups in total. The van der Waals surface area contributed by atoms with Crippen LogP contribution in [-0.2, 0) is 30.4 Å². The predicted molar refractivity (Wildman–Crippen MR) is 119 cm³/mol. The van der Waals surface area contributed by atoms with E-state index in [4.69, 9.17) is 5.11 Å². The van der Waals surface area contributed by atoms with Crippen LogP contribution in [0, 0.1) is 11.8 Å². The molecule has 176 valence electrons. The number of amides is 3. The van der Waals surface area contributed by atoms with Gasteiger partial charge in [0.2, 0.25) is 17.6 Å². The number of carboxylic acids is 1. The molecule has 0 aliphatic heterocycles. The van der Waals surface area contributed by atoms with Gasteiger partial charge in [0.1, 0.15) is 18.6 Å². The first kappa shape index (κ1) is 26.8. The van der Waals surface area contributed by atoms with Crippen LogP contribution >= 0.6 is 0 Å². The number of nitrogens with one attached hydrogen (secondary N) is 3. The number of benzene rings is 1. The Bertz CT molecular complexity index is 807. The van der Waals surface area contributed by atoms with Gasteiger partial charge in [0.15, 0.2) is 0 Å². The number of hydrogen-bond acceptors (Lipinski definition) is 5. The zero-order valence-electron chi connectivity index (χ0n) is 19.0. The Morgan fingerprint density at radius 3 is 2.00 bits per heavy atom. The largest absolute Gasteiger partial charge is 0.480 e. The highest BCUT2D eigenvalue weighted by Gasteiger charge is 2.29. The standard InChI is InChI=1S/C23H33N3O6/c1-14(2)10-17(21(30)24-13-20(28)29)25-22(31)18(12-16-8-6-5-7-9-16)26-23(32)19(27)11-15(3)4/h5-9,14-15,17-18H,10-13H2,1-4H3,(H,24,30)(H,25,31)(H,26,32)(H,28,29)/t17-,18-/m0/s1. The molecule has 0 fully saturated rings. The second kappa shape index (κ2) is 13.2. The molecule has 0 saturated carbocycles. The molecule has 9 nitrogen and oxygen atoms in total. The molecule has 0 aromatic heterocycles. The first-order valence-corrected chi connectivity index (χ1v) is 10.7. The summed E-state index contributed by atoms with van der Waals surface area (Å²) < 4.78 is 0. The van der Waals surface area contributed by atoms with Crippen molar-refractivity contribution in [3.63, 3.8) is 0 Å². The Kier molecular flexibility index (Phi) is 11.1. The summed E-state index contributed by atoms with van der Waals surface area (Å²) >= 11 is 0. The Hall–Kier alpha value is -3.23. The minimum Gasteiger partial charge on any atom is -0.480 e. The minimum atomic E-state index is -1.20. The number of rotatable bonds is 13. The van der Waals surface area contributed by atoms with E-state index in [9.17, 15) is 24.0 Å².